The molecule has 82 valence electrons. The quantitative estimate of drug-likeness (QED) is 0.610. The maximum Gasteiger partial charge on any atom is 0.304 e. The number of carboxylic acid groups (broad SMARTS) is 1. The van der Waals surface area contributed by atoms with Crippen LogP contribution in [0.25, 0.3) is 0 Å². The number of carboxylic acids is 1. The van der Waals surface area contributed by atoms with E-state index in [0.717, 1.165) is 10.5 Å². The van der Waals surface area contributed by atoms with Gasteiger partial charge in [0.2, 0.25) is 0 Å². The molecule has 0 saturated carbocycles. The summed E-state index contributed by atoms with van der Waals surface area (Å²) in [5, 5.41) is 8.68. The molecular formula is C11H15NO2S. The van der Waals surface area contributed by atoms with Crippen molar-refractivity contribution < 1.29 is 9.90 Å². The Morgan fingerprint density at radius 2 is 2.27 bits per heavy atom. The molecule has 0 spiro atoms. The number of anilines is 1. The normalized spacial score (nSPS) is 12.4. The number of nitrogens with two attached hydrogens (primary N) is 1. The van der Waals surface area contributed by atoms with Gasteiger partial charge in [0.05, 0.1) is 6.42 Å². The van der Waals surface area contributed by atoms with Crippen LogP contribution < -0.4 is 5.73 Å². The van der Waals surface area contributed by atoms with Crippen LogP contribution in [0, 0.1) is 6.92 Å². The topological polar surface area (TPSA) is 63.3 Å². The van der Waals surface area contributed by atoms with E-state index in [1.54, 1.807) is 0 Å². The van der Waals surface area contributed by atoms with Crippen molar-refractivity contribution in [3.8, 4) is 0 Å². The van der Waals surface area contributed by atoms with Crippen LogP contribution in [-0.4, -0.2) is 16.3 Å². The van der Waals surface area contributed by atoms with Crippen LogP contribution in [0.1, 0.15) is 18.9 Å². The summed E-state index contributed by atoms with van der Waals surface area (Å²) >= 11 is 1.51. The van der Waals surface area contributed by atoms with Crippen molar-refractivity contribution in [3.05, 3.63) is 23.8 Å². The van der Waals surface area contributed by atoms with E-state index in [0.29, 0.717) is 5.69 Å². The second kappa shape index (κ2) is 5.07. The molecule has 0 aromatic heterocycles. The Morgan fingerprint density at radius 1 is 1.60 bits per heavy atom. The number of rotatable bonds is 4. The third kappa shape index (κ3) is 3.83. The lowest BCUT2D eigenvalue weighted by molar-refractivity contribution is -0.136. The van der Waals surface area contributed by atoms with Crippen LogP contribution in [0.5, 0.6) is 0 Å². The molecular weight excluding hydrogens is 210 g/mol. The lowest BCUT2D eigenvalue weighted by Gasteiger charge is -2.11. The molecule has 0 aliphatic carbocycles. The third-order valence-corrected chi connectivity index (χ3v) is 3.14. The van der Waals surface area contributed by atoms with Crippen LogP contribution in [-0.2, 0) is 4.79 Å². The second-order valence-corrected chi connectivity index (χ2v) is 5.05. The van der Waals surface area contributed by atoms with E-state index in [9.17, 15) is 4.79 Å². The first-order chi connectivity index (χ1) is 6.99. The van der Waals surface area contributed by atoms with Crippen LogP contribution >= 0.6 is 11.8 Å². The van der Waals surface area contributed by atoms with Gasteiger partial charge in [0.25, 0.3) is 0 Å². The van der Waals surface area contributed by atoms with E-state index in [-0.39, 0.29) is 11.7 Å². The SMILES string of the molecule is Cc1ccc(N)c(S[C@@H](C)CC(=O)O)c1. The van der Waals surface area contributed by atoms with Crippen molar-refractivity contribution in [1.82, 2.24) is 0 Å². The highest BCUT2D eigenvalue weighted by Gasteiger charge is 2.10. The zero-order valence-electron chi connectivity index (χ0n) is 8.86. The highest BCUT2D eigenvalue weighted by molar-refractivity contribution is 8.00. The number of nitrogen functional groups attached to an aromatic ring is 1. The Hall–Kier alpha value is -1.16. The number of thioether (sulfide) groups is 1. The average molecular weight is 225 g/mol. The van der Waals surface area contributed by atoms with Crippen molar-refractivity contribution in [2.45, 2.75) is 30.4 Å². The number of aryl methyl sites for hydroxylation is 1. The van der Waals surface area contributed by atoms with E-state index in [4.69, 9.17) is 10.8 Å². The van der Waals surface area contributed by atoms with Crippen LogP contribution in [0.3, 0.4) is 0 Å². The summed E-state index contributed by atoms with van der Waals surface area (Å²) in [6, 6.07) is 5.78. The molecule has 0 amide bonds. The van der Waals surface area contributed by atoms with Gasteiger partial charge in [0, 0.05) is 15.8 Å². The largest absolute Gasteiger partial charge is 0.481 e. The summed E-state index contributed by atoms with van der Waals surface area (Å²) in [6.07, 6.45) is 0.151. The molecule has 4 heteroatoms. The molecule has 0 aliphatic rings. The van der Waals surface area contributed by atoms with Gasteiger partial charge in [-0.05, 0) is 24.6 Å². The van der Waals surface area contributed by atoms with E-state index >= 15 is 0 Å². The minimum Gasteiger partial charge on any atom is -0.481 e. The molecule has 3 N–H and O–H groups in total. The van der Waals surface area contributed by atoms with Gasteiger partial charge in [0.1, 0.15) is 0 Å². The number of hydrogen-bond acceptors (Lipinski definition) is 3. The predicted molar refractivity (Wildman–Crippen MR) is 63.2 cm³/mol. The van der Waals surface area contributed by atoms with Crippen molar-refractivity contribution in [2.24, 2.45) is 0 Å². The van der Waals surface area contributed by atoms with Crippen molar-refractivity contribution in [1.29, 1.82) is 0 Å². The molecule has 0 bridgehead atoms. The summed E-state index contributed by atoms with van der Waals surface area (Å²) in [5.41, 5.74) is 7.64. The van der Waals surface area contributed by atoms with Gasteiger partial charge < -0.3 is 10.8 Å². The molecule has 1 rings (SSSR count). The van der Waals surface area contributed by atoms with Crippen molar-refractivity contribution >= 4 is 23.4 Å². The van der Waals surface area contributed by atoms with Crippen molar-refractivity contribution in [3.63, 3.8) is 0 Å². The molecule has 0 fully saturated rings. The fraction of sp³-hybridized carbons (Fsp3) is 0.364. The molecule has 1 aromatic carbocycles. The minimum atomic E-state index is -0.777. The Morgan fingerprint density at radius 3 is 2.87 bits per heavy atom. The van der Waals surface area contributed by atoms with Gasteiger partial charge in [-0.3, -0.25) is 4.79 Å². The van der Waals surface area contributed by atoms with Crippen LogP contribution in [0.15, 0.2) is 23.1 Å². The fourth-order valence-corrected chi connectivity index (χ4v) is 2.37. The third-order valence-electron chi connectivity index (χ3n) is 1.96. The number of aliphatic carboxylic acids is 1. The summed E-state index contributed by atoms with van der Waals surface area (Å²) < 4.78 is 0. The second-order valence-electron chi connectivity index (χ2n) is 3.57. The molecule has 1 aromatic rings. The molecule has 0 radical (unpaired) electrons. The maximum atomic E-state index is 10.5. The number of benzene rings is 1. The van der Waals surface area contributed by atoms with Crippen molar-refractivity contribution in [2.75, 3.05) is 5.73 Å². The maximum absolute atomic E-state index is 10.5. The standard InChI is InChI=1S/C11H15NO2S/c1-7-3-4-9(12)10(5-7)15-8(2)6-11(13)14/h3-5,8H,6,12H2,1-2H3,(H,13,14)/t8-/m0/s1. The smallest absolute Gasteiger partial charge is 0.304 e. The number of carbonyl (C=O) groups is 1. The first-order valence-corrected chi connectivity index (χ1v) is 5.61. The molecule has 0 saturated heterocycles. The van der Waals surface area contributed by atoms with E-state index in [2.05, 4.69) is 0 Å². The number of hydrogen-bond donors (Lipinski definition) is 2. The van der Waals surface area contributed by atoms with Crippen LogP contribution in [0.4, 0.5) is 5.69 Å². The Labute approximate surface area is 93.7 Å². The lowest BCUT2D eigenvalue weighted by Crippen LogP contribution is -2.06. The highest BCUT2D eigenvalue weighted by Crippen LogP contribution is 2.30. The van der Waals surface area contributed by atoms with Gasteiger partial charge in [-0.15, -0.1) is 11.8 Å². The van der Waals surface area contributed by atoms with Crippen LogP contribution in [0.2, 0.25) is 0 Å². The van der Waals surface area contributed by atoms with E-state index < -0.39 is 5.97 Å². The van der Waals surface area contributed by atoms with E-state index in [1.807, 2.05) is 32.0 Å². The summed E-state index contributed by atoms with van der Waals surface area (Å²) in [7, 11) is 0. The predicted octanol–water partition coefficient (Wildman–Crippen LogP) is 2.53. The Bertz CT molecular complexity index is 366. The molecule has 1 atom stereocenters. The van der Waals surface area contributed by atoms with Gasteiger partial charge in [0.15, 0.2) is 0 Å². The zero-order valence-corrected chi connectivity index (χ0v) is 9.67. The monoisotopic (exact) mass is 225 g/mol. The molecule has 15 heavy (non-hydrogen) atoms. The summed E-state index contributed by atoms with van der Waals surface area (Å²) in [4.78, 5) is 11.5. The zero-order chi connectivity index (χ0) is 11.4. The van der Waals surface area contributed by atoms with Gasteiger partial charge in [-0.1, -0.05) is 13.0 Å². The summed E-state index contributed by atoms with van der Waals surface area (Å²) in [6.45, 7) is 3.88. The molecule has 0 heterocycles. The lowest BCUT2D eigenvalue weighted by atomic mass is 10.2. The first kappa shape index (κ1) is 11.9. The molecule has 0 aliphatic heterocycles. The first-order valence-electron chi connectivity index (χ1n) is 4.73. The Kier molecular flexibility index (Phi) is 4.03. The molecule has 3 nitrogen and oxygen atoms in total. The molecule has 0 unspecified atom stereocenters. The average Bonchev–Trinajstić information content (AvgIpc) is 2.10. The summed E-state index contributed by atoms with van der Waals surface area (Å²) in [5.74, 6) is -0.777. The van der Waals surface area contributed by atoms with Gasteiger partial charge in [-0.25, -0.2) is 0 Å². The Balaban J connectivity index is 2.71. The van der Waals surface area contributed by atoms with Gasteiger partial charge in [-0.2, -0.15) is 0 Å². The highest BCUT2D eigenvalue weighted by atomic mass is 32.2. The fourth-order valence-electron chi connectivity index (χ4n) is 1.25. The van der Waals surface area contributed by atoms with E-state index in [1.165, 1.54) is 11.8 Å². The minimum absolute atomic E-state index is 0.0339. The van der Waals surface area contributed by atoms with Gasteiger partial charge >= 0.3 is 5.97 Å².